The third-order valence-electron chi connectivity index (χ3n) is 5.58. The van der Waals surface area contributed by atoms with Gasteiger partial charge < -0.3 is 4.79 Å². The van der Waals surface area contributed by atoms with Crippen LogP contribution in [0.15, 0.2) is 97.1 Å². The summed E-state index contributed by atoms with van der Waals surface area (Å²) in [6.45, 7) is 6.85. The molecule has 0 aromatic heterocycles. The number of allylic oxidation sites excluding steroid dienone is 1. The van der Waals surface area contributed by atoms with Gasteiger partial charge in [0, 0.05) is 5.54 Å². The zero-order chi connectivity index (χ0) is 20.0. The van der Waals surface area contributed by atoms with Gasteiger partial charge in [0.15, 0.2) is 0 Å². The molecule has 28 heavy (non-hydrogen) atoms. The van der Waals surface area contributed by atoms with Crippen LogP contribution in [0.1, 0.15) is 26.3 Å². The van der Waals surface area contributed by atoms with Crippen LogP contribution in [-0.2, 0) is 4.79 Å². The summed E-state index contributed by atoms with van der Waals surface area (Å²) in [4.78, 5) is 12.5. The van der Waals surface area contributed by atoms with E-state index >= 15 is 0 Å². The van der Waals surface area contributed by atoms with Crippen molar-refractivity contribution in [3.05, 3.63) is 103 Å². The first-order chi connectivity index (χ1) is 13.5. The quantitative estimate of drug-likeness (QED) is 0.414. The van der Waals surface area contributed by atoms with Crippen LogP contribution in [0.2, 0.25) is 10.6 Å². The van der Waals surface area contributed by atoms with E-state index in [1.54, 1.807) is 0 Å². The van der Waals surface area contributed by atoms with E-state index < -0.39 is 8.07 Å². The second kappa shape index (κ2) is 8.53. The highest BCUT2D eigenvalue weighted by atomic mass is 28.3. The molecule has 142 valence electrons. The minimum Gasteiger partial charge on any atom is -0.303 e. The molecule has 0 aliphatic rings. The van der Waals surface area contributed by atoms with Crippen molar-refractivity contribution in [1.82, 2.24) is 0 Å². The summed E-state index contributed by atoms with van der Waals surface area (Å²) in [6, 6.07) is 31.5. The summed E-state index contributed by atoms with van der Waals surface area (Å²) in [5.41, 5.74) is 0.949. The van der Waals surface area contributed by atoms with Gasteiger partial charge in [-0.1, -0.05) is 134 Å². The maximum Gasteiger partial charge on any atom is 0.137 e. The Morgan fingerprint density at radius 3 is 1.54 bits per heavy atom. The lowest BCUT2D eigenvalue weighted by Crippen LogP contribution is -2.67. The molecule has 0 fully saturated rings. The molecule has 0 aliphatic heterocycles. The minimum atomic E-state index is -2.49. The second-order valence-electron chi connectivity index (χ2n) is 8.22. The van der Waals surface area contributed by atoms with E-state index in [0.29, 0.717) is 0 Å². The van der Waals surface area contributed by atoms with Crippen molar-refractivity contribution >= 4 is 30.8 Å². The molecule has 0 aliphatic carbocycles. The smallest absolute Gasteiger partial charge is 0.137 e. The lowest BCUT2D eigenvalue weighted by atomic mass is 10.2. The molecule has 3 aromatic rings. The molecule has 0 unspecified atom stereocenters. The first-order valence-corrected chi connectivity index (χ1v) is 11.9. The van der Waals surface area contributed by atoms with E-state index in [9.17, 15) is 4.79 Å². The molecular weight excluding hydrogens is 356 g/mol. The van der Waals surface area contributed by atoms with Gasteiger partial charge >= 0.3 is 0 Å². The maximum atomic E-state index is 12.5. The van der Waals surface area contributed by atoms with Crippen molar-refractivity contribution in [3.63, 3.8) is 0 Å². The van der Waals surface area contributed by atoms with Crippen LogP contribution in [0.3, 0.4) is 0 Å². The largest absolute Gasteiger partial charge is 0.303 e. The molecule has 1 atom stereocenters. The van der Waals surface area contributed by atoms with Gasteiger partial charge in [-0.25, -0.2) is 0 Å². The number of hydrogen-bond donors (Lipinski definition) is 0. The lowest BCUT2D eigenvalue weighted by Gasteiger charge is -2.46. The molecule has 0 N–H and O–H groups in total. The summed E-state index contributed by atoms with van der Waals surface area (Å²) >= 11 is 0. The summed E-state index contributed by atoms with van der Waals surface area (Å²) in [6.07, 6.45) is 5.38. The second-order valence-corrected chi connectivity index (χ2v) is 13.2. The number of carbonyl (C=O) groups is 1. The number of rotatable bonds is 6. The van der Waals surface area contributed by atoms with Crippen molar-refractivity contribution in [2.75, 3.05) is 0 Å². The van der Waals surface area contributed by atoms with Gasteiger partial charge in [0.2, 0.25) is 0 Å². The average Bonchev–Trinajstić information content (AvgIpc) is 2.72. The molecule has 3 rings (SSSR count). The van der Waals surface area contributed by atoms with Gasteiger partial charge in [-0.2, -0.15) is 0 Å². The van der Waals surface area contributed by atoms with E-state index in [1.165, 1.54) is 10.4 Å². The zero-order valence-electron chi connectivity index (χ0n) is 16.9. The third kappa shape index (κ3) is 3.78. The maximum absolute atomic E-state index is 12.5. The Morgan fingerprint density at radius 2 is 1.14 bits per heavy atom. The first kappa shape index (κ1) is 20.0. The molecule has 0 amide bonds. The van der Waals surface area contributed by atoms with E-state index in [0.717, 1.165) is 11.8 Å². The normalized spacial score (nSPS) is 13.4. The molecule has 0 saturated carbocycles. The molecule has 1 nitrogen and oxygen atoms in total. The zero-order valence-corrected chi connectivity index (χ0v) is 17.9. The van der Waals surface area contributed by atoms with Crippen LogP contribution < -0.4 is 10.4 Å². The fraction of sp³-hybridized carbons (Fsp3) is 0.192. The van der Waals surface area contributed by atoms with E-state index in [1.807, 2.05) is 30.3 Å². The highest BCUT2D eigenvalue weighted by molar-refractivity contribution is 7.07. The van der Waals surface area contributed by atoms with Crippen LogP contribution in [0, 0.1) is 0 Å². The Kier molecular flexibility index (Phi) is 6.10. The first-order valence-electron chi connectivity index (χ1n) is 9.80. The summed E-state index contributed by atoms with van der Waals surface area (Å²) in [7, 11) is -2.49. The monoisotopic (exact) mass is 384 g/mol. The molecule has 0 spiro atoms. The number of carbonyl (C=O) groups excluding carboxylic acids is 1. The molecule has 2 heteroatoms. The molecule has 0 radical (unpaired) electrons. The van der Waals surface area contributed by atoms with Gasteiger partial charge in [0.05, 0.1) is 0 Å². The van der Waals surface area contributed by atoms with Gasteiger partial charge in [-0.3, -0.25) is 0 Å². The fourth-order valence-corrected chi connectivity index (χ4v) is 10.3. The Balaban J connectivity index is 2.25. The average molecular weight is 385 g/mol. The predicted octanol–water partition coefficient (Wildman–Crippen LogP) is 5.33. The Bertz CT molecular complexity index is 869. The molecular formula is C26H28OSi. The summed E-state index contributed by atoms with van der Waals surface area (Å²) in [5, 5.41) is 2.54. The van der Waals surface area contributed by atoms with Crippen LogP contribution in [0.4, 0.5) is 0 Å². The number of benzene rings is 3. The van der Waals surface area contributed by atoms with E-state index in [4.69, 9.17) is 0 Å². The van der Waals surface area contributed by atoms with Crippen molar-refractivity contribution in [1.29, 1.82) is 0 Å². The standard InChI is InChI=1S/C26H28OSi/c1-26(2,3)28(23-15-9-5-10-16-23,24-17-11-6-12-18-24)25(21-27)20-19-22-13-7-4-8-14-22/h4-21,25H,1-3H3/b20-19-/t25-/m0/s1. The Morgan fingerprint density at radius 1 is 0.714 bits per heavy atom. The summed E-state index contributed by atoms with van der Waals surface area (Å²) in [5.74, 6) is 0. The molecule has 0 saturated heterocycles. The van der Waals surface area contributed by atoms with Crippen LogP contribution >= 0.6 is 0 Å². The van der Waals surface area contributed by atoms with Gasteiger partial charge in [0.25, 0.3) is 0 Å². The van der Waals surface area contributed by atoms with Crippen LogP contribution in [-0.4, -0.2) is 14.4 Å². The SMILES string of the molecule is CC(C)(C)[Si](c1ccccc1)(c1ccccc1)[C@H](C=O)/C=C\c1ccccc1. The fourth-order valence-electron chi connectivity index (χ4n) is 4.39. The lowest BCUT2D eigenvalue weighted by molar-refractivity contribution is -0.107. The van der Waals surface area contributed by atoms with Crippen molar-refractivity contribution < 1.29 is 4.79 Å². The molecule has 3 aromatic carbocycles. The molecule has 0 heterocycles. The van der Waals surface area contributed by atoms with E-state index in [2.05, 4.69) is 93.6 Å². The summed E-state index contributed by atoms with van der Waals surface area (Å²) < 4.78 is 0. The Labute approximate surface area is 169 Å². The highest BCUT2D eigenvalue weighted by Crippen LogP contribution is 2.43. The van der Waals surface area contributed by atoms with Gasteiger partial charge in [-0.15, -0.1) is 0 Å². The predicted molar refractivity (Wildman–Crippen MR) is 123 cm³/mol. The van der Waals surface area contributed by atoms with Crippen molar-refractivity contribution in [2.24, 2.45) is 0 Å². The van der Waals surface area contributed by atoms with Gasteiger partial charge in [0.1, 0.15) is 14.4 Å². The Hall–Kier alpha value is -2.71. The third-order valence-corrected chi connectivity index (χ3v) is 11.8. The van der Waals surface area contributed by atoms with Crippen molar-refractivity contribution in [3.8, 4) is 0 Å². The van der Waals surface area contributed by atoms with Crippen LogP contribution in [0.5, 0.6) is 0 Å². The topological polar surface area (TPSA) is 17.1 Å². The highest BCUT2D eigenvalue weighted by Gasteiger charge is 2.52. The molecule has 0 bridgehead atoms. The number of aldehydes is 1. The van der Waals surface area contributed by atoms with E-state index in [-0.39, 0.29) is 10.6 Å². The van der Waals surface area contributed by atoms with Crippen LogP contribution in [0.25, 0.3) is 6.08 Å². The number of hydrogen-bond acceptors (Lipinski definition) is 1. The minimum absolute atomic E-state index is 0.0533. The van der Waals surface area contributed by atoms with Crippen molar-refractivity contribution in [2.45, 2.75) is 31.4 Å². The van der Waals surface area contributed by atoms with Gasteiger partial charge in [-0.05, 0) is 10.6 Å².